The van der Waals surface area contributed by atoms with Crippen molar-refractivity contribution in [1.82, 2.24) is 10.6 Å². The molecule has 0 aromatic heterocycles. The Kier molecular flexibility index (Phi) is 9.27. The van der Waals surface area contributed by atoms with Crippen LogP contribution in [0.5, 0.6) is 0 Å². The first kappa shape index (κ1) is 19.6. The Morgan fingerprint density at radius 1 is 1.18 bits per heavy atom. The molecular weight excluding hydrogens is 292 g/mol. The van der Waals surface area contributed by atoms with Gasteiger partial charge in [0.1, 0.15) is 6.04 Å². The van der Waals surface area contributed by atoms with Crippen molar-refractivity contribution in [3.05, 3.63) is 0 Å². The molecule has 0 bridgehead atoms. The van der Waals surface area contributed by atoms with Crippen molar-refractivity contribution < 1.29 is 19.5 Å². The minimum atomic E-state index is -1.04. The molecule has 0 aromatic rings. The number of hydrogen-bond acceptors (Lipinski definition) is 5. The molecular formula is C12H24N6O4. The highest BCUT2D eigenvalue weighted by Gasteiger charge is 2.22. The van der Waals surface area contributed by atoms with E-state index >= 15 is 0 Å². The van der Waals surface area contributed by atoms with Crippen molar-refractivity contribution in [2.75, 3.05) is 13.6 Å². The summed E-state index contributed by atoms with van der Waals surface area (Å²) in [6.45, 7) is 0.330. The average Bonchev–Trinajstić information content (AvgIpc) is 2.46. The first-order valence-corrected chi connectivity index (χ1v) is 6.82. The maximum Gasteiger partial charge on any atom is 0.303 e. The van der Waals surface area contributed by atoms with Gasteiger partial charge in [0.15, 0.2) is 5.96 Å². The van der Waals surface area contributed by atoms with Crippen LogP contribution in [0.2, 0.25) is 0 Å². The monoisotopic (exact) mass is 316 g/mol. The first-order chi connectivity index (χ1) is 10.3. The highest BCUT2D eigenvalue weighted by Crippen LogP contribution is 2.01. The third kappa shape index (κ3) is 8.74. The molecule has 0 saturated carbocycles. The van der Waals surface area contributed by atoms with Gasteiger partial charge in [-0.05, 0) is 19.3 Å². The molecule has 10 heteroatoms. The number of carboxylic acid groups (broad SMARTS) is 1. The highest BCUT2D eigenvalue weighted by atomic mass is 16.4. The van der Waals surface area contributed by atoms with Gasteiger partial charge in [0.05, 0.1) is 6.04 Å². The standard InChI is InChI=1S/C12H24N6O4/c1-16-11(22)8(3-2-6-17-12(14)15)18-10(21)7(13)4-5-9(19)20/h7-8H,2-6,13H2,1H3,(H,16,22)(H,18,21)(H,19,20)(H4,14,15,17). The molecule has 0 aromatic carbocycles. The number of carbonyl (C=O) groups excluding carboxylic acids is 2. The third-order valence-electron chi connectivity index (χ3n) is 2.83. The van der Waals surface area contributed by atoms with E-state index in [4.69, 9.17) is 22.3 Å². The van der Waals surface area contributed by atoms with Crippen LogP contribution in [0.15, 0.2) is 4.99 Å². The number of amides is 2. The molecule has 0 saturated heterocycles. The molecule has 2 unspecified atom stereocenters. The number of nitrogens with one attached hydrogen (secondary N) is 2. The van der Waals surface area contributed by atoms with E-state index in [-0.39, 0.29) is 24.7 Å². The number of nitrogens with zero attached hydrogens (tertiary/aromatic N) is 1. The smallest absolute Gasteiger partial charge is 0.303 e. The lowest BCUT2D eigenvalue weighted by Crippen LogP contribution is -2.51. The summed E-state index contributed by atoms with van der Waals surface area (Å²) in [6, 6.07) is -1.76. The fourth-order valence-electron chi connectivity index (χ4n) is 1.64. The second-order valence-corrected chi connectivity index (χ2v) is 4.66. The molecule has 2 atom stereocenters. The van der Waals surface area contributed by atoms with Crippen molar-refractivity contribution >= 4 is 23.7 Å². The number of guanidine groups is 1. The summed E-state index contributed by atoms with van der Waals surface area (Å²) in [5, 5.41) is 13.5. The van der Waals surface area contributed by atoms with Crippen LogP contribution in [0.1, 0.15) is 25.7 Å². The van der Waals surface area contributed by atoms with E-state index in [1.54, 1.807) is 0 Å². The molecule has 0 radical (unpaired) electrons. The molecule has 0 heterocycles. The van der Waals surface area contributed by atoms with Crippen molar-refractivity contribution in [3.8, 4) is 0 Å². The number of likely N-dealkylation sites (N-methyl/N-ethyl adjacent to an activating group) is 1. The van der Waals surface area contributed by atoms with Gasteiger partial charge in [-0.2, -0.15) is 0 Å². The minimum Gasteiger partial charge on any atom is -0.481 e. The number of hydrogen-bond donors (Lipinski definition) is 6. The Hall–Kier alpha value is -2.36. The molecule has 9 N–H and O–H groups in total. The van der Waals surface area contributed by atoms with E-state index in [0.29, 0.717) is 19.4 Å². The third-order valence-corrected chi connectivity index (χ3v) is 2.83. The zero-order chi connectivity index (χ0) is 17.1. The molecule has 126 valence electrons. The van der Waals surface area contributed by atoms with Gasteiger partial charge >= 0.3 is 5.97 Å². The van der Waals surface area contributed by atoms with Crippen LogP contribution < -0.4 is 27.8 Å². The summed E-state index contributed by atoms with van der Waals surface area (Å²) in [7, 11) is 1.45. The second-order valence-electron chi connectivity index (χ2n) is 4.66. The normalized spacial score (nSPS) is 12.8. The van der Waals surface area contributed by atoms with Crippen LogP contribution >= 0.6 is 0 Å². The molecule has 10 nitrogen and oxygen atoms in total. The number of aliphatic imine (C=N–C) groups is 1. The maximum atomic E-state index is 11.9. The van der Waals surface area contributed by atoms with E-state index in [2.05, 4.69) is 15.6 Å². The summed E-state index contributed by atoms with van der Waals surface area (Å²) in [5.74, 6) is -2.03. The quantitative estimate of drug-likeness (QED) is 0.145. The van der Waals surface area contributed by atoms with Gasteiger partial charge < -0.3 is 32.9 Å². The van der Waals surface area contributed by atoms with E-state index in [1.165, 1.54) is 7.05 Å². The summed E-state index contributed by atoms with van der Waals surface area (Å²) in [6.07, 6.45) is 0.591. The molecule has 0 rings (SSSR count). The number of rotatable bonds is 10. The zero-order valence-corrected chi connectivity index (χ0v) is 12.5. The molecule has 0 aliphatic rings. The van der Waals surface area contributed by atoms with E-state index in [1.807, 2.05) is 0 Å². The van der Waals surface area contributed by atoms with Gasteiger partial charge in [0, 0.05) is 20.0 Å². The minimum absolute atomic E-state index is 0.00433. The van der Waals surface area contributed by atoms with Crippen LogP contribution in [0, 0.1) is 0 Å². The fourth-order valence-corrected chi connectivity index (χ4v) is 1.64. The largest absolute Gasteiger partial charge is 0.481 e. The van der Waals surface area contributed by atoms with Crippen LogP contribution in [0.3, 0.4) is 0 Å². The number of carboxylic acids is 1. The topological polar surface area (TPSA) is 186 Å². The molecule has 22 heavy (non-hydrogen) atoms. The van der Waals surface area contributed by atoms with Crippen molar-refractivity contribution in [3.63, 3.8) is 0 Å². The predicted octanol–water partition coefficient (Wildman–Crippen LogP) is -2.54. The summed E-state index contributed by atoms with van der Waals surface area (Å²) >= 11 is 0. The van der Waals surface area contributed by atoms with Gasteiger partial charge in [-0.25, -0.2) is 0 Å². The van der Waals surface area contributed by atoms with E-state index in [0.717, 1.165) is 0 Å². The Balaban J connectivity index is 4.44. The van der Waals surface area contributed by atoms with Gasteiger partial charge in [-0.15, -0.1) is 0 Å². The Morgan fingerprint density at radius 2 is 1.82 bits per heavy atom. The van der Waals surface area contributed by atoms with Crippen LogP contribution in [-0.2, 0) is 14.4 Å². The summed E-state index contributed by atoms with van der Waals surface area (Å²) in [5.41, 5.74) is 16.0. The fraction of sp³-hybridized carbons (Fsp3) is 0.667. The molecule has 0 spiro atoms. The van der Waals surface area contributed by atoms with Crippen LogP contribution in [-0.4, -0.2) is 54.5 Å². The second kappa shape index (κ2) is 10.4. The van der Waals surface area contributed by atoms with Crippen molar-refractivity contribution in [1.29, 1.82) is 0 Å². The van der Waals surface area contributed by atoms with Crippen LogP contribution in [0.4, 0.5) is 0 Å². The van der Waals surface area contributed by atoms with Crippen molar-refractivity contribution in [2.24, 2.45) is 22.2 Å². The Morgan fingerprint density at radius 3 is 2.32 bits per heavy atom. The number of nitrogens with two attached hydrogens (primary N) is 3. The van der Waals surface area contributed by atoms with E-state index in [9.17, 15) is 14.4 Å². The molecule has 0 aliphatic heterocycles. The van der Waals surface area contributed by atoms with Gasteiger partial charge in [-0.1, -0.05) is 0 Å². The zero-order valence-electron chi connectivity index (χ0n) is 12.5. The van der Waals surface area contributed by atoms with Crippen LogP contribution in [0.25, 0.3) is 0 Å². The predicted molar refractivity (Wildman–Crippen MR) is 80.8 cm³/mol. The van der Waals surface area contributed by atoms with Gasteiger partial charge in [0.2, 0.25) is 11.8 Å². The lowest BCUT2D eigenvalue weighted by Gasteiger charge is -2.19. The van der Waals surface area contributed by atoms with Crippen molar-refractivity contribution in [2.45, 2.75) is 37.8 Å². The summed E-state index contributed by atoms with van der Waals surface area (Å²) < 4.78 is 0. The van der Waals surface area contributed by atoms with E-state index < -0.39 is 24.0 Å². The van der Waals surface area contributed by atoms with Gasteiger partial charge in [0.25, 0.3) is 0 Å². The molecule has 2 amide bonds. The molecule has 0 fully saturated rings. The first-order valence-electron chi connectivity index (χ1n) is 6.82. The SMILES string of the molecule is CNC(=O)C(CCCN=C(N)N)NC(=O)C(N)CCC(=O)O. The lowest BCUT2D eigenvalue weighted by atomic mass is 10.1. The Labute approximate surface area is 128 Å². The highest BCUT2D eigenvalue weighted by molar-refractivity contribution is 5.89. The average molecular weight is 316 g/mol. The number of aliphatic carboxylic acids is 1. The maximum absolute atomic E-state index is 11.9. The lowest BCUT2D eigenvalue weighted by molar-refractivity contribution is -0.137. The van der Waals surface area contributed by atoms with Gasteiger partial charge in [-0.3, -0.25) is 19.4 Å². The molecule has 0 aliphatic carbocycles. The number of carbonyl (C=O) groups is 3. The summed E-state index contributed by atoms with van der Waals surface area (Å²) in [4.78, 5) is 37.8. The Bertz CT molecular complexity index is 422.